The average Bonchev–Trinajstić information content (AvgIpc) is 2.65. The molecule has 1 N–H and O–H groups in total. The Labute approximate surface area is 101 Å². The fraction of sp³-hybridized carbons (Fsp3) is 0.636. The second kappa shape index (κ2) is 7.23. The van der Waals surface area contributed by atoms with Gasteiger partial charge in [-0.3, -0.25) is 0 Å². The van der Waals surface area contributed by atoms with Gasteiger partial charge in [0, 0.05) is 24.6 Å². The molecule has 0 aliphatic heterocycles. The summed E-state index contributed by atoms with van der Waals surface area (Å²) < 4.78 is 5.96. The first-order chi connectivity index (χ1) is 7.27. The number of nitrogens with one attached hydrogen (secondary N) is 1. The molecule has 1 atom stereocenters. The third-order valence-electron chi connectivity index (χ3n) is 2.19. The normalized spacial score (nSPS) is 13.0. The molecule has 0 aliphatic rings. The van der Waals surface area contributed by atoms with Gasteiger partial charge in [0.1, 0.15) is 0 Å². The Morgan fingerprint density at radius 2 is 2.33 bits per heavy atom. The first-order valence-corrected chi connectivity index (χ1v) is 6.45. The highest BCUT2D eigenvalue weighted by atomic mass is 35.5. The van der Waals surface area contributed by atoms with E-state index in [-0.39, 0.29) is 0 Å². The van der Waals surface area contributed by atoms with Crippen LogP contribution in [0.5, 0.6) is 0 Å². The molecule has 0 aliphatic carbocycles. The summed E-state index contributed by atoms with van der Waals surface area (Å²) in [6, 6.07) is 4.42. The number of methoxy groups -OCH3 is 1. The van der Waals surface area contributed by atoms with Crippen molar-refractivity contribution in [2.24, 2.45) is 0 Å². The van der Waals surface area contributed by atoms with Crippen LogP contribution >= 0.6 is 22.9 Å². The van der Waals surface area contributed by atoms with Crippen LogP contribution in [-0.2, 0) is 4.74 Å². The Hall–Kier alpha value is -0.0900. The average molecular weight is 248 g/mol. The van der Waals surface area contributed by atoms with Crippen LogP contribution in [0.4, 0.5) is 0 Å². The number of thiophene rings is 1. The van der Waals surface area contributed by atoms with Gasteiger partial charge in [0.05, 0.1) is 4.34 Å². The number of halogens is 1. The number of hydrogen-bond acceptors (Lipinski definition) is 3. The summed E-state index contributed by atoms with van der Waals surface area (Å²) in [6.07, 6.45) is 2.13. The van der Waals surface area contributed by atoms with Crippen molar-refractivity contribution in [3.05, 3.63) is 21.3 Å². The number of rotatable bonds is 7. The van der Waals surface area contributed by atoms with Crippen LogP contribution < -0.4 is 5.32 Å². The highest BCUT2D eigenvalue weighted by Crippen LogP contribution is 2.28. The van der Waals surface area contributed by atoms with Crippen molar-refractivity contribution < 1.29 is 4.74 Å². The number of hydrogen-bond donors (Lipinski definition) is 1. The molecule has 4 heteroatoms. The molecule has 0 amide bonds. The van der Waals surface area contributed by atoms with Gasteiger partial charge in [0.2, 0.25) is 0 Å². The van der Waals surface area contributed by atoms with E-state index in [1.165, 1.54) is 4.88 Å². The molecule has 1 aromatic heterocycles. The zero-order valence-electron chi connectivity index (χ0n) is 9.25. The monoisotopic (exact) mass is 247 g/mol. The van der Waals surface area contributed by atoms with Crippen LogP contribution in [0.1, 0.15) is 30.7 Å². The maximum atomic E-state index is 5.93. The van der Waals surface area contributed by atoms with Crippen molar-refractivity contribution in [2.45, 2.75) is 25.8 Å². The summed E-state index contributed by atoms with van der Waals surface area (Å²) in [5.74, 6) is 0. The zero-order valence-corrected chi connectivity index (χ0v) is 10.8. The molecule has 0 aromatic carbocycles. The summed E-state index contributed by atoms with van der Waals surface area (Å²) >= 11 is 7.58. The van der Waals surface area contributed by atoms with Gasteiger partial charge in [0.25, 0.3) is 0 Å². The summed E-state index contributed by atoms with van der Waals surface area (Å²) in [6.45, 7) is 3.97. The van der Waals surface area contributed by atoms with E-state index >= 15 is 0 Å². The molecule has 0 fully saturated rings. The minimum atomic E-state index is 0.377. The van der Waals surface area contributed by atoms with Crippen LogP contribution in [0.15, 0.2) is 12.1 Å². The third kappa shape index (κ3) is 4.51. The SMILES string of the molecule is CCCNC(CCOC)c1ccc(Cl)s1. The summed E-state index contributed by atoms with van der Waals surface area (Å²) in [7, 11) is 1.73. The highest BCUT2D eigenvalue weighted by Gasteiger charge is 2.12. The van der Waals surface area contributed by atoms with Gasteiger partial charge >= 0.3 is 0 Å². The smallest absolute Gasteiger partial charge is 0.0931 e. The molecule has 1 rings (SSSR count). The van der Waals surface area contributed by atoms with Gasteiger partial charge < -0.3 is 10.1 Å². The molecule has 0 radical (unpaired) electrons. The van der Waals surface area contributed by atoms with Gasteiger partial charge in [-0.25, -0.2) is 0 Å². The molecule has 0 spiro atoms. The van der Waals surface area contributed by atoms with E-state index in [4.69, 9.17) is 16.3 Å². The molecule has 0 bridgehead atoms. The zero-order chi connectivity index (χ0) is 11.1. The van der Waals surface area contributed by atoms with Crippen molar-refractivity contribution in [3.8, 4) is 0 Å². The largest absolute Gasteiger partial charge is 0.385 e. The molecule has 1 aromatic rings. The Morgan fingerprint density at radius 3 is 2.87 bits per heavy atom. The standard InChI is InChI=1S/C11H18ClNOS/c1-3-7-13-9(6-8-14-2)10-4-5-11(12)15-10/h4-5,9,13H,3,6-8H2,1-2H3. The van der Waals surface area contributed by atoms with Gasteiger partial charge in [-0.1, -0.05) is 18.5 Å². The van der Waals surface area contributed by atoms with Crippen molar-refractivity contribution in [1.82, 2.24) is 5.32 Å². The molecule has 86 valence electrons. The van der Waals surface area contributed by atoms with Crippen LogP contribution in [-0.4, -0.2) is 20.3 Å². The van der Waals surface area contributed by atoms with E-state index < -0.39 is 0 Å². The van der Waals surface area contributed by atoms with Gasteiger partial charge in [-0.05, 0) is 31.5 Å². The van der Waals surface area contributed by atoms with Gasteiger partial charge in [-0.15, -0.1) is 11.3 Å². The van der Waals surface area contributed by atoms with Crippen molar-refractivity contribution in [2.75, 3.05) is 20.3 Å². The predicted octanol–water partition coefficient (Wildman–Crippen LogP) is 3.48. The number of ether oxygens (including phenoxy) is 1. The summed E-state index contributed by atoms with van der Waals surface area (Å²) in [5.41, 5.74) is 0. The molecule has 1 unspecified atom stereocenters. The van der Waals surface area contributed by atoms with Crippen molar-refractivity contribution in [3.63, 3.8) is 0 Å². The molecular formula is C11H18ClNOS. The topological polar surface area (TPSA) is 21.3 Å². The second-order valence-electron chi connectivity index (χ2n) is 3.43. The molecule has 2 nitrogen and oxygen atoms in total. The summed E-state index contributed by atoms with van der Waals surface area (Å²) in [5, 5.41) is 3.51. The van der Waals surface area contributed by atoms with Crippen molar-refractivity contribution >= 4 is 22.9 Å². The highest BCUT2D eigenvalue weighted by molar-refractivity contribution is 7.16. The first-order valence-electron chi connectivity index (χ1n) is 5.25. The van der Waals surface area contributed by atoms with E-state index in [2.05, 4.69) is 18.3 Å². The minimum absolute atomic E-state index is 0.377. The van der Waals surface area contributed by atoms with E-state index in [9.17, 15) is 0 Å². The quantitative estimate of drug-likeness (QED) is 0.797. The van der Waals surface area contributed by atoms with Crippen LogP contribution in [0.25, 0.3) is 0 Å². The summed E-state index contributed by atoms with van der Waals surface area (Å²) in [4.78, 5) is 1.30. The van der Waals surface area contributed by atoms with Crippen molar-refractivity contribution in [1.29, 1.82) is 0 Å². The second-order valence-corrected chi connectivity index (χ2v) is 5.18. The first kappa shape index (κ1) is 13.0. The fourth-order valence-electron chi connectivity index (χ4n) is 1.41. The fourth-order valence-corrected chi connectivity index (χ4v) is 2.59. The van der Waals surface area contributed by atoms with E-state index in [0.29, 0.717) is 6.04 Å². The Balaban J connectivity index is 2.54. The van der Waals surface area contributed by atoms with E-state index in [1.54, 1.807) is 18.4 Å². The maximum Gasteiger partial charge on any atom is 0.0931 e. The van der Waals surface area contributed by atoms with Crippen LogP contribution in [0, 0.1) is 0 Å². The lowest BCUT2D eigenvalue weighted by molar-refractivity contribution is 0.183. The molecule has 15 heavy (non-hydrogen) atoms. The molecule has 1 heterocycles. The molecule has 0 saturated carbocycles. The van der Waals surface area contributed by atoms with E-state index in [1.807, 2.05) is 6.07 Å². The van der Waals surface area contributed by atoms with Crippen LogP contribution in [0.2, 0.25) is 4.34 Å². The predicted molar refractivity (Wildman–Crippen MR) is 66.9 cm³/mol. The Morgan fingerprint density at radius 1 is 1.53 bits per heavy atom. The van der Waals surface area contributed by atoms with Crippen LogP contribution in [0.3, 0.4) is 0 Å². The molecule has 0 saturated heterocycles. The van der Waals surface area contributed by atoms with Gasteiger partial charge in [0.15, 0.2) is 0 Å². The maximum absolute atomic E-state index is 5.93. The molecular weight excluding hydrogens is 230 g/mol. The lowest BCUT2D eigenvalue weighted by Gasteiger charge is -2.16. The Bertz CT molecular complexity index is 269. The van der Waals surface area contributed by atoms with E-state index in [0.717, 1.165) is 30.3 Å². The lowest BCUT2D eigenvalue weighted by atomic mass is 10.2. The van der Waals surface area contributed by atoms with Gasteiger partial charge in [-0.2, -0.15) is 0 Å². The third-order valence-corrected chi connectivity index (χ3v) is 3.53. The lowest BCUT2D eigenvalue weighted by Crippen LogP contribution is -2.22. The minimum Gasteiger partial charge on any atom is -0.385 e. The Kier molecular flexibility index (Phi) is 6.25.